The molecule has 0 bridgehead atoms. The average Bonchev–Trinajstić information content (AvgIpc) is 2.56. The number of carbonyl (C=O) groups is 1. The van der Waals surface area contributed by atoms with Gasteiger partial charge in [0.05, 0.1) is 18.0 Å². The molecule has 0 unspecified atom stereocenters. The van der Waals surface area contributed by atoms with Crippen molar-refractivity contribution in [2.75, 3.05) is 17.6 Å². The smallest absolute Gasteiger partial charge is 0.251 e. The van der Waals surface area contributed by atoms with Crippen LogP contribution in [-0.2, 0) is 10.0 Å². The molecule has 26 heavy (non-hydrogen) atoms. The SMILES string of the molecule is Cc1cc(C)c([C@H](C)NC(=O)c2ccc(N(C)S(C)(=O)=O)cc2)cc1C. The molecule has 1 N–H and O–H groups in total. The number of carbonyl (C=O) groups excluding carboxylic acids is 1. The minimum atomic E-state index is -3.32. The molecular formula is C20H26N2O3S. The summed E-state index contributed by atoms with van der Waals surface area (Å²) in [5, 5.41) is 3.01. The number of nitrogens with zero attached hydrogens (tertiary/aromatic N) is 1. The number of hydrogen-bond acceptors (Lipinski definition) is 3. The Labute approximate surface area is 156 Å². The predicted molar refractivity (Wildman–Crippen MR) is 106 cm³/mol. The van der Waals surface area contributed by atoms with Gasteiger partial charge in [0.1, 0.15) is 0 Å². The zero-order chi connectivity index (χ0) is 19.6. The summed E-state index contributed by atoms with van der Waals surface area (Å²) < 4.78 is 24.3. The molecule has 1 amide bonds. The summed E-state index contributed by atoms with van der Waals surface area (Å²) in [6, 6.07) is 10.6. The third-order valence-electron chi connectivity index (χ3n) is 4.69. The van der Waals surface area contributed by atoms with Gasteiger partial charge in [-0.15, -0.1) is 0 Å². The lowest BCUT2D eigenvalue weighted by atomic mass is 9.96. The van der Waals surface area contributed by atoms with Crippen molar-refractivity contribution < 1.29 is 13.2 Å². The highest BCUT2D eigenvalue weighted by atomic mass is 32.2. The highest BCUT2D eigenvalue weighted by Gasteiger charge is 2.16. The Morgan fingerprint density at radius 3 is 2.08 bits per heavy atom. The molecule has 0 aliphatic carbocycles. The fourth-order valence-corrected chi connectivity index (χ4v) is 3.33. The Kier molecular flexibility index (Phi) is 5.76. The number of benzene rings is 2. The van der Waals surface area contributed by atoms with Gasteiger partial charge in [-0.25, -0.2) is 8.42 Å². The van der Waals surface area contributed by atoms with Gasteiger partial charge in [0.2, 0.25) is 10.0 Å². The van der Waals surface area contributed by atoms with Crippen molar-refractivity contribution in [2.45, 2.75) is 33.7 Å². The van der Waals surface area contributed by atoms with Crippen LogP contribution < -0.4 is 9.62 Å². The van der Waals surface area contributed by atoms with Crippen molar-refractivity contribution >= 4 is 21.6 Å². The van der Waals surface area contributed by atoms with Crippen molar-refractivity contribution in [1.29, 1.82) is 0 Å². The third kappa shape index (κ3) is 4.43. The summed E-state index contributed by atoms with van der Waals surface area (Å²) in [6.07, 6.45) is 1.14. The lowest BCUT2D eigenvalue weighted by Gasteiger charge is -2.19. The van der Waals surface area contributed by atoms with E-state index in [1.807, 2.05) is 13.8 Å². The zero-order valence-electron chi connectivity index (χ0n) is 16.1. The van der Waals surface area contributed by atoms with Gasteiger partial charge in [-0.2, -0.15) is 0 Å². The van der Waals surface area contributed by atoms with Gasteiger partial charge < -0.3 is 5.32 Å². The van der Waals surface area contributed by atoms with Gasteiger partial charge in [-0.1, -0.05) is 12.1 Å². The van der Waals surface area contributed by atoms with E-state index in [1.165, 1.54) is 22.5 Å². The van der Waals surface area contributed by atoms with E-state index < -0.39 is 10.0 Å². The topological polar surface area (TPSA) is 66.5 Å². The molecule has 0 aliphatic rings. The Morgan fingerprint density at radius 2 is 1.54 bits per heavy atom. The molecule has 1 atom stereocenters. The average molecular weight is 375 g/mol. The molecule has 2 rings (SSSR count). The predicted octanol–water partition coefficient (Wildman–Crippen LogP) is 3.50. The van der Waals surface area contributed by atoms with Crippen molar-refractivity contribution in [3.05, 3.63) is 64.2 Å². The molecule has 0 saturated carbocycles. The number of sulfonamides is 1. The van der Waals surface area contributed by atoms with Crippen LogP contribution in [0.1, 0.15) is 45.6 Å². The molecule has 0 aliphatic heterocycles. The molecule has 6 heteroatoms. The number of rotatable bonds is 5. The van der Waals surface area contributed by atoms with Gasteiger partial charge >= 0.3 is 0 Å². The summed E-state index contributed by atoms with van der Waals surface area (Å²) in [5.74, 6) is -0.191. The molecule has 2 aromatic rings. The van der Waals surface area contributed by atoms with E-state index in [9.17, 15) is 13.2 Å². The molecule has 0 heterocycles. The van der Waals surface area contributed by atoms with Crippen LogP contribution in [0.3, 0.4) is 0 Å². The molecule has 0 spiro atoms. The van der Waals surface area contributed by atoms with Crippen LogP contribution in [0.4, 0.5) is 5.69 Å². The third-order valence-corrected chi connectivity index (χ3v) is 5.89. The van der Waals surface area contributed by atoms with Crippen LogP contribution >= 0.6 is 0 Å². The zero-order valence-corrected chi connectivity index (χ0v) is 16.9. The second-order valence-corrected chi connectivity index (χ2v) is 8.78. The fraction of sp³-hybridized carbons (Fsp3) is 0.350. The second kappa shape index (κ2) is 7.50. The summed E-state index contributed by atoms with van der Waals surface area (Å²) in [6.45, 7) is 8.13. The van der Waals surface area contributed by atoms with Crippen LogP contribution in [0, 0.1) is 20.8 Å². The quantitative estimate of drug-likeness (QED) is 0.871. The number of amides is 1. The second-order valence-electron chi connectivity index (χ2n) is 6.77. The first-order chi connectivity index (χ1) is 12.0. The van der Waals surface area contributed by atoms with Crippen molar-refractivity contribution in [1.82, 2.24) is 5.32 Å². The largest absolute Gasteiger partial charge is 0.346 e. The van der Waals surface area contributed by atoms with Gasteiger partial charge in [0.15, 0.2) is 0 Å². The number of hydrogen-bond donors (Lipinski definition) is 1. The lowest BCUT2D eigenvalue weighted by molar-refractivity contribution is 0.0940. The van der Waals surface area contributed by atoms with Crippen LogP contribution in [-0.4, -0.2) is 27.6 Å². The first kappa shape index (κ1) is 20.0. The maximum atomic E-state index is 12.5. The molecular weight excluding hydrogens is 348 g/mol. The normalized spacial score (nSPS) is 12.5. The maximum Gasteiger partial charge on any atom is 0.251 e. The first-order valence-electron chi connectivity index (χ1n) is 8.43. The first-order valence-corrected chi connectivity index (χ1v) is 10.3. The van der Waals surface area contributed by atoms with Crippen LogP contribution in [0.15, 0.2) is 36.4 Å². The molecule has 0 aromatic heterocycles. The molecule has 5 nitrogen and oxygen atoms in total. The van der Waals surface area contributed by atoms with Crippen molar-refractivity contribution in [3.63, 3.8) is 0 Å². The van der Waals surface area contributed by atoms with Gasteiger partial charge in [-0.3, -0.25) is 9.10 Å². The summed E-state index contributed by atoms with van der Waals surface area (Å²) >= 11 is 0. The number of nitrogens with one attached hydrogen (secondary N) is 1. The van der Waals surface area contributed by atoms with Crippen LogP contribution in [0.2, 0.25) is 0 Å². The van der Waals surface area contributed by atoms with Gasteiger partial charge in [-0.05, 0) is 74.2 Å². The standard InChI is InChI=1S/C20H26N2O3S/c1-13-11-15(3)19(12-14(13)2)16(4)21-20(23)17-7-9-18(10-8-17)22(5)26(6,24)25/h7-12,16H,1-6H3,(H,21,23)/t16-/m0/s1. The number of aryl methyl sites for hydroxylation is 3. The fourth-order valence-electron chi connectivity index (χ4n) is 2.82. The molecule has 140 valence electrons. The Balaban J connectivity index is 2.16. The highest BCUT2D eigenvalue weighted by Crippen LogP contribution is 2.22. The Morgan fingerprint density at radius 1 is 1.00 bits per heavy atom. The van der Waals surface area contributed by atoms with Gasteiger partial charge in [0.25, 0.3) is 5.91 Å². The monoisotopic (exact) mass is 374 g/mol. The van der Waals surface area contributed by atoms with Crippen molar-refractivity contribution in [3.8, 4) is 0 Å². The summed E-state index contributed by atoms with van der Waals surface area (Å²) in [4.78, 5) is 12.5. The number of anilines is 1. The van der Waals surface area contributed by atoms with E-state index in [2.05, 4.69) is 31.3 Å². The summed E-state index contributed by atoms with van der Waals surface area (Å²) in [7, 11) is -1.84. The van der Waals surface area contributed by atoms with E-state index in [0.29, 0.717) is 11.3 Å². The molecule has 0 fully saturated rings. The highest BCUT2D eigenvalue weighted by molar-refractivity contribution is 7.92. The maximum absolute atomic E-state index is 12.5. The molecule has 2 aromatic carbocycles. The van der Waals surface area contributed by atoms with E-state index in [1.54, 1.807) is 24.3 Å². The van der Waals surface area contributed by atoms with Gasteiger partial charge in [0, 0.05) is 12.6 Å². The minimum Gasteiger partial charge on any atom is -0.346 e. The Bertz CT molecular complexity index is 919. The van der Waals surface area contributed by atoms with E-state index in [-0.39, 0.29) is 11.9 Å². The van der Waals surface area contributed by atoms with Crippen LogP contribution in [0.25, 0.3) is 0 Å². The Hall–Kier alpha value is -2.34. The van der Waals surface area contributed by atoms with E-state index in [0.717, 1.165) is 17.4 Å². The van der Waals surface area contributed by atoms with Crippen molar-refractivity contribution in [2.24, 2.45) is 0 Å². The van der Waals surface area contributed by atoms with E-state index in [4.69, 9.17) is 0 Å². The minimum absolute atomic E-state index is 0.125. The van der Waals surface area contributed by atoms with Crippen LogP contribution in [0.5, 0.6) is 0 Å². The molecule has 0 saturated heterocycles. The van der Waals surface area contributed by atoms with E-state index >= 15 is 0 Å². The lowest BCUT2D eigenvalue weighted by Crippen LogP contribution is -2.27. The summed E-state index contributed by atoms with van der Waals surface area (Å²) in [5.41, 5.74) is 5.67. The molecule has 0 radical (unpaired) electrons.